The fourth-order valence-corrected chi connectivity index (χ4v) is 2.49. The molecule has 0 aliphatic carbocycles. The van der Waals surface area contributed by atoms with E-state index in [9.17, 15) is 0 Å². The zero-order valence-corrected chi connectivity index (χ0v) is 9.63. The van der Waals surface area contributed by atoms with Gasteiger partial charge in [-0.05, 0) is 35.2 Å². The van der Waals surface area contributed by atoms with Crippen LogP contribution in [-0.2, 0) is 0 Å². The van der Waals surface area contributed by atoms with Gasteiger partial charge in [-0.3, -0.25) is 4.98 Å². The lowest BCUT2D eigenvalue weighted by Gasteiger charge is -2.30. The molecule has 3 nitrogen and oxygen atoms in total. The van der Waals surface area contributed by atoms with Crippen molar-refractivity contribution in [1.29, 1.82) is 0 Å². The van der Waals surface area contributed by atoms with Crippen LogP contribution in [-0.4, -0.2) is 18.1 Å². The molecule has 2 heterocycles. The van der Waals surface area contributed by atoms with Crippen LogP contribution < -0.4 is 10.6 Å². The van der Waals surface area contributed by atoms with Gasteiger partial charge >= 0.3 is 0 Å². The van der Waals surface area contributed by atoms with E-state index in [1.54, 1.807) is 12.4 Å². The molecule has 0 bridgehead atoms. The number of aromatic nitrogens is 1. The number of hydrogen-bond donors (Lipinski definition) is 1. The van der Waals surface area contributed by atoms with Crippen molar-refractivity contribution in [2.75, 3.05) is 23.7 Å². The quantitative estimate of drug-likeness (QED) is 0.839. The highest BCUT2D eigenvalue weighted by Gasteiger charge is 2.15. The van der Waals surface area contributed by atoms with Crippen molar-refractivity contribution in [2.24, 2.45) is 0 Å². The molecule has 1 aromatic heterocycles. The van der Waals surface area contributed by atoms with Crippen molar-refractivity contribution >= 4 is 27.3 Å². The van der Waals surface area contributed by atoms with Crippen molar-refractivity contribution in [3.05, 3.63) is 16.9 Å². The van der Waals surface area contributed by atoms with Gasteiger partial charge in [0.1, 0.15) is 0 Å². The van der Waals surface area contributed by atoms with Crippen molar-refractivity contribution in [1.82, 2.24) is 4.98 Å². The third kappa shape index (κ3) is 1.85. The molecular weight excluding hydrogens is 242 g/mol. The van der Waals surface area contributed by atoms with Gasteiger partial charge in [-0.2, -0.15) is 0 Å². The number of nitrogen functional groups attached to an aromatic ring is 1. The normalized spacial score (nSPS) is 17.1. The molecule has 0 radical (unpaired) electrons. The van der Waals surface area contributed by atoms with Gasteiger partial charge in [0.05, 0.1) is 22.0 Å². The highest BCUT2D eigenvalue weighted by Crippen LogP contribution is 2.32. The fraction of sp³-hybridized carbons (Fsp3) is 0.500. The van der Waals surface area contributed by atoms with E-state index in [2.05, 4.69) is 25.8 Å². The Morgan fingerprint density at radius 1 is 1.21 bits per heavy atom. The standard InChI is InChI=1S/C10H14BrN3/c11-8-6-13-7-9(12)10(8)14-4-2-1-3-5-14/h6-7H,1-5,12H2. The summed E-state index contributed by atoms with van der Waals surface area (Å²) in [6.07, 6.45) is 7.37. The number of halogens is 1. The zero-order chi connectivity index (χ0) is 9.97. The first-order valence-corrected chi connectivity index (χ1v) is 5.72. The van der Waals surface area contributed by atoms with Crippen LogP contribution in [0.4, 0.5) is 11.4 Å². The number of nitrogens with zero attached hydrogens (tertiary/aromatic N) is 2. The average molecular weight is 256 g/mol. The minimum Gasteiger partial charge on any atom is -0.396 e. The maximum atomic E-state index is 5.92. The minimum atomic E-state index is 0.765. The number of anilines is 2. The Morgan fingerprint density at radius 2 is 1.93 bits per heavy atom. The van der Waals surface area contributed by atoms with Crippen molar-refractivity contribution in [2.45, 2.75) is 19.3 Å². The molecule has 1 fully saturated rings. The molecule has 0 amide bonds. The Bertz CT molecular complexity index is 301. The summed E-state index contributed by atoms with van der Waals surface area (Å²) in [6.45, 7) is 2.21. The number of hydrogen-bond acceptors (Lipinski definition) is 3. The van der Waals surface area contributed by atoms with Gasteiger partial charge in [0.15, 0.2) is 0 Å². The zero-order valence-electron chi connectivity index (χ0n) is 8.04. The Morgan fingerprint density at radius 3 is 2.57 bits per heavy atom. The van der Waals surface area contributed by atoms with Crippen molar-refractivity contribution in [3.63, 3.8) is 0 Å². The van der Waals surface area contributed by atoms with Gasteiger partial charge < -0.3 is 10.6 Å². The molecule has 0 saturated carbocycles. The lowest BCUT2D eigenvalue weighted by Crippen LogP contribution is -2.30. The molecule has 1 aliphatic heterocycles. The largest absolute Gasteiger partial charge is 0.396 e. The Balaban J connectivity index is 2.29. The maximum absolute atomic E-state index is 5.92. The van der Waals surface area contributed by atoms with Gasteiger partial charge in [0.25, 0.3) is 0 Å². The first kappa shape index (κ1) is 9.77. The second-order valence-corrected chi connectivity index (χ2v) is 4.46. The van der Waals surface area contributed by atoms with Crippen LogP contribution >= 0.6 is 15.9 Å². The topological polar surface area (TPSA) is 42.1 Å². The average Bonchev–Trinajstić information content (AvgIpc) is 2.19. The van der Waals surface area contributed by atoms with Crippen LogP contribution in [0, 0.1) is 0 Å². The number of piperidine rings is 1. The first-order chi connectivity index (χ1) is 6.79. The predicted octanol–water partition coefficient (Wildman–Crippen LogP) is 2.42. The molecule has 4 heteroatoms. The second kappa shape index (κ2) is 4.17. The molecule has 0 aromatic carbocycles. The Kier molecular flexibility index (Phi) is 2.91. The van der Waals surface area contributed by atoms with Gasteiger partial charge in [-0.25, -0.2) is 0 Å². The first-order valence-electron chi connectivity index (χ1n) is 4.93. The van der Waals surface area contributed by atoms with Crippen molar-refractivity contribution in [3.8, 4) is 0 Å². The molecule has 0 atom stereocenters. The highest BCUT2D eigenvalue weighted by atomic mass is 79.9. The second-order valence-electron chi connectivity index (χ2n) is 3.61. The summed E-state index contributed by atoms with van der Waals surface area (Å²) in [7, 11) is 0. The van der Waals surface area contributed by atoms with Crippen LogP contribution in [0.1, 0.15) is 19.3 Å². The number of rotatable bonds is 1. The lowest BCUT2D eigenvalue weighted by atomic mass is 10.1. The van der Waals surface area contributed by atoms with E-state index >= 15 is 0 Å². The highest BCUT2D eigenvalue weighted by molar-refractivity contribution is 9.10. The van der Waals surface area contributed by atoms with Crippen molar-refractivity contribution < 1.29 is 0 Å². The molecule has 0 spiro atoms. The third-order valence-electron chi connectivity index (χ3n) is 2.57. The SMILES string of the molecule is Nc1cncc(Br)c1N1CCCCC1. The van der Waals surface area contributed by atoms with Crippen LogP contribution in [0.3, 0.4) is 0 Å². The number of pyridine rings is 1. The molecule has 2 rings (SSSR count). The Labute approximate surface area is 92.4 Å². The van der Waals surface area contributed by atoms with Gasteiger partial charge in [-0.1, -0.05) is 0 Å². The Hall–Kier alpha value is -0.770. The van der Waals surface area contributed by atoms with E-state index in [0.29, 0.717) is 0 Å². The minimum absolute atomic E-state index is 0.765. The summed E-state index contributed by atoms with van der Waals surface area (Å²) in [4.78, 5) is 6.38. The van der Waals surface area contributed by atoms with Crippen LogP contribution in [0.15, 0.2) is 16.9 Å². The van der Waals surface area contributed by atoms with Gasteiger partial charge in [0.2, 0.25) is 0 Å². The summed E-state index contributed by atoms with van der Waals surface area (Å²) in [6, 6.07) is 0. The molecule has 0 unspecified atom stereocenters. The van der Waals surface area contributed by atoms with E-state index in [0.717, 1.165) is 28.9 Å². The summed E-state index contributed by atoms with van der Waals surface area (Å²) in [5, 5.41) is 0. The summed E-state index contributed by atoms with van der Waals surface area (Å²) < 4.78 is 0.999. The fourth-order valence-electron chi connectivity index (χ4n) is 1.89. The van der Waals surface area contributed by atoms with E-state index in [1.165, 1.54) is 19.3 Å². The molecule has 1 aromatic rings. The van der Waals surface area contributed by atoms with Crippen LogP contribution in [0.2, 0.25) is 0 Å². The van der Waals surface area contributed by atoms with E-state index in [-0.39, 0.29) is 0 Å². The third-order valence-corrected chi connectivity index (χ3v) is 3.15. The lowest BCUT2D eigenvalue weighted by molar-refractivity contribution is 0.577. The molecule has 1 aliphatic rings. The van der Waals surface area contributed by atoms with Gasteiger partial charge in [-0.15, -0.1) is 0 Å². The molecule has 2 N–H and O–H groups in total. The predicted molar refractivity (Wildman–Crippen MR) is 62.4 cm³/mol. The van der Waals surface area contributed by atoms with E-state index in [1.807, 2.05) is 0 Å². The summed E-state index contributed by atoms with van der Waals surface area (Å²) >= 11 is 3.50. The molecule has 76 valence electrons. The van der Waals surface area contributed by atoms with E-state index in [4.69, 9.17) is 5.73 Å². The monoisotopic (exact) mass is 255 g/mol. The van der Waals surface area contributed by atoms with Crippen LogP contribution in [0.5, 0.6) is 0 Å². The smallest absolute Gasteiger partial charge is 0.0776 e. The maximum Gasteiger partial charge on any atom is 0.0776 e. The number of nitrogens with two attached hydrogens (primary N) is 1. The summed E-state index contributed by atoms with van der Waals surface area (Å²) in [5.74, 6) is 0. The molecular formula is C10H14BrN3. The van der Waals surface area contributed by atoms with Crippen LogP contribution in [0.25, 0.3) is 0 Å². The van der Waals surface area contributed by atoms with E-state index < -0.39 is 0 Å². The summed E-state index contributed by atoms with van der Waals surface area (Å²) in [5.41, 5.74) is 7.79. The molecule has 1 saturated heterocycles. The molecule has 14 heavy (non-hydrogen) atoms. The van der Waals surface area contributed by atoms with Gasteiger partial charge in [0, 0.05) is 19.3 Å².